The van der Waals surface area contributed by atoms with E-state index >= 15 is 0 Å². The van der Waals surface area contributed by atoms with Gasteiger partial charge in [0.15, 0.2) is 6.10 Å². The lowest BCUT2D eigenvalue weighted by molar-refractivity contribution is -0.127. The van der Waals surface area contributed by atoms with E-state index < -0.39 is 6.10 Å². The summed E-state index contributed by atoms with van der Waals surface area (Å²) in [6.07, 6.45) is 4.95. The van der Waals surface area contributed by atoms with Crippen molar-refractivity contribution < 1.29 is 9.53 Å². The van der Waals surface area contributed by atoms with Crippen molar-refractivity contribution in [2.24, 2.45) is 0 Å². The summed E-state index contributed by atoms with van der Waals surface area (Å²) in [4.78, 5) is 12.1. The third-order valence-corrected chi connectivity index (χ3v) is 5.67. The maximum Gasteiger partial charge on any atom is 0.260 e. The predicted molar refractivity (Wildman–Crippen MR) is 93.7 cm³/mol. The van der Waals surface area contributed by atoms with Gasteiger partial charge in [-0.15, -0.1) is 0 Å². The normalized spacial score (nSPS) is 16.5. The van der Waals surface area contributed by atoms with E-state index in [2.05, 4.69) is 5.32 Å². The minimum atomic E-state index is -0.461. The molecular formula is C18H27NO2S. The summed E-state index contributed by atoms with van der Waals surface area (Å²) in [6.45, 7) is 6.60. The fourth-order valence-electron chi connectivity index (χ4n) is 2.69. The number of ether oxygens (including phenoxy) is 1. The number of carbonyl (C=O) groups is 1. The van der Waals surface area contributed by atoms with Crippen LogP contribution in [-0.4, -0.2) is 29.6 Å². The fourth-order valence-corrected chi connectivity index (χ4v) is 3.91. The molecule has 4 heteroatoms. The van der Waals surface area contributed by atoms with Gasteiger partial charge in [0.25, 0.3) is 5.91 Å². The molecule has 2 rings (SSSR count). The van der Waals surface area contributed by atoms with Crippen LogP contribution in [0.3, 0.4) is 0 Å². The standard InChI is InChI=1S/C18H27NO2S/c1-13-7-6-10-17(14(13)2)21-15(3)18(20)19-11-12-22-16-8-4-5-9-16/h6-7,10,15-16H,4-5,8-9,11-12H2,1-3H3,(H,19,20). The number of carbonyl (C=O) groups excluding carboxylic acids is 1. The zero-order valence-corrected chi connectivity index (χ0v) is 14.7. The first-order valence-corrected chi connectivity index (χ1v) is 9.25. The molecule has 1 aliphatic rings. The van der Waals surface area contributed by atoms with Gasteiger partial charge in [-0.3, -0.25) is 4.79 Å². The second kappa shape index (κ2) is 8.47. The molecule has 3 nitrogen and oxygen atoms in total. The summed E-state index contributed by atoms with van der Waals surface area (Å²) >= 11 is 1.99. The topological polar surface area (TPSA) is 38.3 Å². The molecule has 0 saturated heterocycles. The molecule has 1 atom stereocenters. The van der Waals surface area contributed by atoms with E-state index in [4.69, 9.17) is 4.74 Å². The van der Waals surface area contributed by atoms with Crippen molar-refractivity contribution in [1.29, 1.82) is 0 Å². The summed E-state index contributed by atoms with van der Waals surface area (Å²) in [5.41, 5.74) is 2.28. The van der Waals surface area contributed by atoms with Crippen molar-refractivity contribution in [1.82, 2.24) is 5.32 Å². The largest absolute Gasteiger partial charge is 0.481 e. The van der Waals surface area contributed by atoms with E-state index in [0.717, 1.165) is 28.9 Å². The first-order valence-electron chi connectivity index (χ1n) is 8.20. The highest BCUT2D eigenvalue weighted by Gasteiger charge is 2.17. The van der Waals surface area contributed by atoms with Gasteiger partial charge in [0, 0.05) is 17.5 Å². The van der Waals surface area contributed by atoms with Crippen LogP contribution in [0, 0.1) is 13.8 Å². The van der Waals surface area contributed by atoms with Gasteiger partial charge in [-0.2, -0.15) is 11.8 Å². The lowest BCUT2D eigenvalue weighted by atomic mass is 10.1. The van der Waals surface area contributed by atoms with Gasteiger partial charge >= 0.3 is 0 Å². The van der Waals surface area contributed by atoms with E-state index in [1.807, 2.05) is 43.8 Å². The highest BCUT2D eigenvalue weighted by Crippen LogP contribution is 2.28. The van der Waals surface area contributed by atoms with E-state index in [1.54, 1.807) is 6.92 Å². The molecule has 1 fully saturated rings. The number of thioether (sulfide) groups is 1. The molecule has 1 aliphatic carbocycles. The highest BCUT2D eigenvalue weighted by molar-refractivity contribution is 7.99. The van der Waals surface area contributed by atoms with Crippen LogP contribution in [-0.2, 0) is 4.79 Å². The van der Waals surface area contributed by atoms with Crippen LogP contribution in [0.1, 0.15) is 43.7 Å². The molecule has 122 valence electrons. The van der Waals surface area contributed by atoms with Gasteiger partial charge in [-0.1, -0.05) is 25.0 Å². The second-order valence-electron chi connectivity index (χ2n) is 6.03. The van der Waals surface area contributed by atoms with Crippen LogP contribution in [0.4, 0.5) is 0 Å². The molecule has 1 N–H and O–H groups in total. The third kappa shape index (κ3) is 4.94. The Hall–Kier alpha value is -1.16. The molecular weight excluding hydrogens is 294 g/mol. The predicted octanol–water partition coefficient (Wildman–Crippen LogP) is 3.86. The van der Waals surface area contributed by atoms with E-state index in [9.17, 15) is 4.79 Å². The first-order chi connectivity index (χ1) is 10.6. The number of hydrogen-bond acceptors (Lipinski definition) is 3. The van der Waals surface area contributed by atoms with E-state index in [1.165, 1.54) is 31.2 Å². The smallest absolute Gasteiger partial charge is 0.260 e. The monoisotopic (exact) mass is 321 g/mol. The first kappa shape index (κ1) is 17.2. The summed E-state index contributed by atoms with van der Waals surface area (Å²) in [7, 11) is 0. The minimum absolute atomic E-state index is 0.0343. The lowest BCUT2D eigenvalue weighted by Crippen LogP contribution is -2.37. The Labute approximate surface area is 138 Å². The van der Waals surface area contributed by atoms with Crippen molar-refractivity contribution in [2.45, 2.75) is 57.8 Å². The third-order valence-electron chi connectivity index (χ3n) is 4.28. The maximum atomic E-state index is 12.1. The summed E-state index contributed by atoms with van der Waals surface area (Å²) in [5.74, 6) is 1.75. The summed E-state index contributed by atoms with van der Waals surface area (Å²) in [5, 5.41) is 3.78. The average Bonchev–Trinajstić information content (AvgIpc) is 3.01. The van der Waals surface area contributed by atoms with Gasteiger partial charge in [0.2, 0.25) is 0 Å². The van der Waals surface area contributed by atoms with Crippen molar-refractivity contribution in [3.63, 3.8) is 0 Å². The van der Waals surface area contributed by atoms with Crippen molar-refractivity contribution in [2.75, 3.05) is 12.3 Å². The Morgan fingerprint density at radius 3 is 2.82 bits per heavy atom. The zero-order chi connectivity index (χ0) is 15.9. The molecule has 0 aliphatic heterocycles. The maximum absolute atomic E-state index is 12.1. The number of aryl methyl sites for hydroxylation is 1. The number of nitrogens with one attached hydrogen (secondary N) is 1. The van der Waals surface area contributed by atoms with Gasteiger partial charge in [0.1, 0.15) is 5.75 Å². The molecule has 0 heterocycles. The Morgan fingerprint density at radius 1 is 1.36 bits per heavy atom. The lowest BCUT2D eigenvalue weighted by Gasteiger charge is -2.17. The van der Waals surface area contributed by atoms with Crippen LogP contribution in [0.25, 0.3) is 0 Å². The molecule has 1 aromatic rings. The number of hydrogen-bond donors (Lipinski definition) is 1. The molecule has 1 saturated carbocycles. The SMILES string of the molecule is Cc1cccc(OC(C)C(=O)NCCSC2CCCC2)c1C. The minimum Gasteiger partial charge on any atom is -0.481 e. The molecule has 0 spiro atoms. The summed E-state index contributed by atoms with van der Waals surface area (Å²) < 4.78 is 5.80. The van der Waals surface area contributed by atoms with E-state index in [-0.39, 0.29) is 5.91 Å². The number of amides is 1. The molecule has 22 heavy (non-hydrogen) atoms. The number of rotatable bonds is 7. The number of benzene rings is 1. The molecule has 1 unspecified atom stereocenters. The Bertz CT molecular complexity index is 498. The van der Waals surface area contributed by atoms with Crippen LogP contribution in [0.5, 0.6) is 5.75 Å². The van der Waals surface area contributed by atoms with Gasteiger partial charge in [-0.25, -0.2) is 0 Å². The molecule has 0 bridgehead atoms. The average molecular weight is 321 g/mol. The Balaban J connectivity index is 1.71. The van der Waals surface area contributed by atoms with Crippen molar-refractivity contribution in [3.05, 3.63) is 29.3 Å². The Kier molecular flexibility index (Phi) is 6.62. The van der Waals surface area contributed by atoms with Crippen LogP contribution in [0.2, 0.25) is 0 Å². The van der Waals surface area contributed by atoms with E-state index in [0.29, 0.717) is 0 Å². The second-order valence-corrected chi connectivity index (χ2v) is 7.43. The van der Waals surface area contributed by atoms with Crippen molar-refractivity contribution >= 4 is 17.7 Å². The van der Waals surface area contributed by atoms with Gasteiger partial charge < -0.3 is 10.1 Å². The zero-order valence-electron chi connectivity index (χ0n) is 13.9. The Morgan fingerprint density at radius 2 is 2.09 bits per heavy atom. The molecule has 0 aromatic heterocycles. The van der Waals surface area contributed by atoms with Gasteiger partial charge in [0.05, 0.1) is 0 Å². The van der Waals surface area contributed by atoms with Gasteiger partial charge in [-0.05, 0) is 50.8 Å². The molecule has 0 radical (unpaired) electrons. The quantitative estimate of drug-likeness (QED) is 0.775. The van der Waals surface area contributed by atoms with Crippen molar-refractivity contribution in [3.8, 4) is 5.75 Å². The highest BCUT2D eigenvalue weighted by atomic mass is 32.2. The van der Waals surface area contributed by atoms with Crippen LogP contribution in [0.15, 0.2) is 18.2 Å². The fraction of sp³-hybridized carbons (Fsp3) is 0.611. The molecule has 1 aromatic carbocycles. The van der Waals surface area contributed by atoms with Crippen LogP contribution >= 0.6 is 11.8 Å². The molecule has 1 amide bonds. The summed E-state index contributed by atoms with van der Waals surface area (Å²) in [6, 6.07) is 5.93. The van der Waals surface area contributed by atoms with Crippen LogP contribution < -0.4 is 10.1 Å².